The van der Waals surface area contributed by atoms with Gasteiger partial charge < -0.3 is 21.3 Å². The molecule has 3 fully saturated rings. The Kier molecular flexibility index (Phi) is 8.37. The van der Waals surface area contributed by atoms with Crippen molar-refractivity contribution in [1.29, 1.82) is 0 Å². The molecule has 0 aromatic heterocycles. The van der Waals surface area contributed by atoms with Gasteiger partial charge in [-0.3, -0.25) is 19.2 Å². The summed E-state index contributed by atoms with van der Waals surface area (Å²) in [5.41, 5.74) is 6.09. The van der Waals surface area contributed by atoms with Crippen molar-refractivity contribution in [3.05, 3.63) is 25.3 Å². The number of hydrogen-bond donors (Lipinski definition) is 3. The van der Waals surface area contributed by atoms with E-state index in [-0.39, 0.29) is 61.8 Å². The van der Waals surface area contributed by atoms with Crippen LogP contribution in [0.4, 0.5) is 8.78 Å². The summed E-state index contributed by atoms with van der Waals surface area (Å²) in [4.78, 5) is 53.4. The van der Waals surface area contributed by atoms with E-state index in [4.69, 9.17) is 5.73 Å². The summed E-state index contributed by atoms with van der Waals surface area (Å²) in [5, 5.41) is 5.13. The highest BCUT2D eigenvalue weighted by molar-refractivity contribution is 6.38. The number of amides is 3. The van der Waals surface area contributed by atoms with Gasteiger partial charge in [-0.15, -0.1) is 13.2 Å². The van der Waals surface area contributed by atoms with Gasteiger partial charge in [-0.1, -0.05) is 26.0 Å². The van der Waals surface area contributed by atoms with Crippen LogP contribution in [0.25, 0.3) is 0 Å². The summed E-state index contributed by atoms with van der Waals surface area (Å²) in [6.07, 6.45) is 3.31. The number of nitrogens with one attached hydrogen (secondary N) is 2. The lowest BCUT2D eigenvalue weighted by Gasteiger charge is -2.36. The number of likely N-dealkylation sites (tertiary alicyclic amines) is 1. The zero-order valence-corrected chi connectivity index (χ0v) is 21.1. The summed E-state index contributed by atoms with van der Waals surface area (Å²) < 4.78 is 27.2. The molecule has 0 aromatic carbocycles. The van der Waals surface area contributed by atoms with E-state index >= 15 is 0 Å². The van der Waals surface area contributed by atoms with E-state index in [0.717, 1.165) is 0 Å². The molecule has 0 spiro atoms. The minimum absolute atomic E-state index is 0.0957. The standard InChI is InChI=1S/C26H38F2N4O4/c1-5-7-8-17(21(33)23(35)30-13-6-2)31-22(34)20-18-16(25(18,3)4)14-32(20)24(36)19(29)15-9-11-26(27,28)12-10-15/h5-6,15-20H,1-2,7-14,29H2,3-4H3,(H,30,35)(H,31,34)/t16?,17?,18-,19?,20-/m0/s1. The molecule has 0 bridgehead atoms. The van der Waals surface area contributed by atoms with Crippen molar-refractivity contribution in [2.24, 2.45) is 28.9 Å². The third-order valence-corrected chi connectivity index (χ3v) is 8.24. The molecule has 1 saturated heterocycles. The van der Waals surface area contributed by atoms with Crippen LogP contribution in [0.1, 0.15) is 52.4 Å². The molecule has 36 heavy (non-hydrogen) atoms. The van der Waals surface area contributed by atoms with Crippen molar-refractivity contribution in [3.8, 4) is 0 Å². The van der Waals surface area contributed by atoms with E-state index in [1.54, 1.807) is 6.08 Å². The van der Waals surface area contributed by atoms with Crippen molar-refractivity contribution in [1.82, 2.24) is 15.5 Å². The average molecular weight is 509 g/mol. The number of Topliss-reactive ketones (excluding diaryl/α,β-unsaturated/α-hetero) is 1. The summed E-state index contributed by atoms with van der Waals surface area (Å²) in [5.74, 6) is -5.67. The van der Waals surface area contributed by atoms with Gasteiger partial charge in [0, 0.05) is 25.9 Å². The summed E-state index contributed by atoms with van der Waals surface area (Å²) in [6.45, 7) is 11.6. The second-order valence-electron chi connectivity index (χ2n) is 10.9. The molecule has 1 heterocycles. The second-order valence-corrected chi connectivity index (χ2v) is 10.9. The van der Waals surface area contributed by atoms with Gasteiger partial charge in [0.15, 0.2) is 0 Å². The monoisotopic (exact) mass is 508 g/mol. The number of rotatable bonds is 11. The van der Waals surface area contributed by atoms with Gasteiger partial charge in [0.1, 0.15) is 6.04 Å². The number of piperidine rings is 1. The molecule has 2 aliphatic carbocycles. The first-order valence-corrected chi connectivity index (χ1v) is 12.6. The summed E-state index contributed by atoms with van der Waals surface area (Å²) in [7, 11) is 0. The lowest BCUT2D eigenvalue weighted by molar-refractivity contribution is -0.145. The summed E-state index contributed by atoms with van der Waals surface area (Å²) >= 11 is 0. The fourth-order valence-electron chi connectivity index (χ4n) is 5.85. The molecule has 3 rings (SSSR count). The first-order chi connectivity index (χ1) is 16.9. The predicted molar refractivity (Wildman–Crippen MR) is 131 cm³/mol. The van der Waals surface area contributed by atoms with Crippen LogP contribution in [0.3, 0.4) is 0 Å². The highest BCUT2D eigenvalue weighted by Gasteiger charge is 2.69. The van der Waals surface area contributed by atoms with Gasteiger partial charge in [0.25, 0.3) is 5.91 Å². The number of allylic oxidation sites excluding steroid dienone is 1. The van der Waals surface area contributed by atoms with E-state index in [1.807, 2.05) is 13.8 Å². The molecule has 1 aliphatic heterocycles. The van der Waals surface area contributed by atoms with Crippen molar-refractivity contribution in [2.45, 2.75) is 76.4 Å². The smallest absolute Gasteiger partial charge is 0.289 e. The van der Waals surface area contributed by atoms with Crippen molar-refractivity contribution in [2.75, 3.05) is 13.1 Å². The molecule has 3 amide bonds. The number of carbonyl (C=O) groups is 4. The fraction of sp³-hybridized carbons (Fsp3) is 0.692. The maximum absolute atomic E-state index is 13.6. The van der Waals surface area contributed by atoms with Gasteiger partial charge in [0.05, 0.1) is 12.1 Å². The Morgan fingerprint density at radius 1 is 1.14 bits per heavy atom. The van der Waals surface area contributed by atoms with E-state index in [2.05, 4.69) is 23.8 Å². The van der Waals surface area contributed by atoms with Gasteiger partial charge >= 0.3 is 0 Å². The first kappa shape index (κ1) is 28.0. The summed E-state index contributed by atoms with van der Waals surface area (Å²) in [6, 6.07) is -2.89. The van der Waals surface area contributed by atoms with E-state index in [9.17, 15) is 28.0 Å². The third-order valence-electron chi connectivity index (χ3n) is 8.24. The predicted octanol–water partition coefficient (Wildman–Crippen LogP) is 1.94. The van der Waals surface area contributed by atoms with E-state index in [1.165, 1.54) is 11.0 Å². The van der Waals surface area contributed by atoms with Crippen molar-refractivity contribution >= 4 is 23.5 Å². The number of carbonyl (C=O) groups excluding carboxylic acids is 4. The molecule has 8 nitrogen and oxygen atoms in total. The van der Waals surface area contributed by atoms with Crippen LogP contribution in [0.15, 0.2) is 25.3 Å². The van der Waals surface area contributed by atoms with Crippen LogP contribution in [0, 0.1) is 23.2 Å². The third kappa shape index (κ3) is 5.68. The Morgan fingerprint density at radius 3 is 2.36 bits per heavy atom. The van der Waals surface area contributed by atoms with E-state index < -0.39 is 47.6 Å². The molecule has 3 aliphatic rings. The largest absolute Gasteiger partial charge is 0.346 e. The number of fused-ring (bicyclic) bond motifs is 1. The molecular weight excluding hydrogens is 470 g/mol. The second kappa shape index (κ2) is 10.8. The Hall–Kier alpha value is -2.62. The number of nitrogens with two attached hydrogens (primary N) is 1. The lowest BCUT2D eigenvalue weighted by Crippen LogP contribution is -2.58. The molecular formula is C26H38F2N4O4. The molecule has 3 unspecified atom stereocenters. The average Bonchev–Trinajstić information content (AvgIpc) is 3.17. The Labute approximate surface area is 211 Å². The first-order valence-electron chi connectivity index (χ1n) is 12.6. The molecule has 5 atom stereocenters. The maximum atomic E-state index is 13.6. The number of alkyl halides is 2. The van der Waals surface area contributed by atoms with Crippen molar-refractivity contribution < 1.29 is 28.0 Å². The number of ketones is 1. The highest BCUT2D eigenvalue weighted by atomic mass is 19.3. The zero-order chi connectivity index (χ0) is 26.8. The molecule has 0 aromatic rings. The Bertz CT molecular complexity index is 912. The Morgan fingerprint density at radius 2 is 1.78 bits per heavy atom. The number of nitrogens with zero attached hydrogens (tertiary/aromatic N) is 1. The van der Waals surface area contributed by atoms with Crippen LogP contribution in [0.2, 0.25) is 0 Å². The van der Waals surface area contributed by atoms with Crippen LogP contribution < -0.4 is 16.4 Å². The quantitative estimate of drug-likeness (QED) is 0.291. The molecule has 2 saturated carbocycles. The van der Waals surface area contributed by atoms with Gasteiger partial charge in [-0.25, -0.2) is 8.78 Å². The normalized spacial score (nSPS) is 27.8. The number of hydrogen-bond acceptors (Lipinski definition) is 5. The minimum Gasteiger partial charge on any atom is -0.346 e. The van der Waals surface area contributed by atoms with Gasteiger partial charge in [-0.2, -0.15) is 0 Å². The zero-order valence-electron chi connectivity index (χ0n) is 21.1. The maximum Gasteiger partial charge on any atom is 0.289 e. The lowest BCUT2D eigenvalue weighted by atomic mass is 9.81. The minimum atomic E-state index is -2.73. The van der Waals surface area contributed by atoms with Crippen LogP contribution >= 0.6 is 0 Å². The Balaban J connectivity index is 1.75. The number of halogens is 2. The van der Waals surface area contributed by atoms with Crippen LogP contribution in [-0.2, 0) is 19.2 Å². The molecule has 200 valence electrons. The van der Waals surface area contributed by atoms with Crippen molar-refractivity contribution in [3.63, 3.8) is 0 Å². The van der Waals surface area contributed by atoms with Gasteiger partial charge in [-0.05, 0) is 48.9 Å². The molecule has 0 radical (unpaired) electrons. The SMILES string of the molecule is C=CCCC(NC(=O)[C@@H]1[C@@H]2C(CN1C(=O)C(N)C1CCC(F)(F)CC1)C2(C)C)C(=O)C(=O)NCC=C. The van der Waals surface area contributed by atoms with E-state index in [0.29, 0.717) is 13.0 Å². The van der Waals surface area contributed by atoms with Crippen LogP contribution in [0.5, 0.6) is 0 Å². The molecule has 4 N–H and O–H groups in total. The molecule has 10 heteroatoms. The van der Waals surface area contributed by atoms with Crippen LogP contribution in [-0.4, -0.2) is 65.5 Å². The van der Waals surface area contributed by atoms with Gasteiger partial charge in [0.2, 0.25) is 23.5 Å². The topological polar surface area (TPSA) is 122 Å². The highest BCUT2D eigenvalue weighted by Crippen LogP contribution is 2.65. The fourth-order valence-corrected chi connectivity index (χ4v) is 5.85.